The molecule has 0 spiro atoms. The standard InChI is InChI=1S/C13H22N4O/c1-10(2)7-14-12-6-13(17-9-16-12)15-8-11-4-3-5-18-11/h6,9-11H,3-5,7-8H2,1-2H3,(H2,14,15,16,17). The molecule has 0 aromatic carbocycles. The Morgan fingerprint density at radius 2 is 2.11 bits per heavy atom. The molecule has 0 bridgehead atoms. The molecule has 18 heavy (non-hydrogen) atoms. The van der Waals surface area contributed by atoms with E-state index in [4.69, 9.17) is 4.74 Å². The molecule has 2 heterocycles. The number of nitrogens with zero attached hydrogens (tertiary/aromatic N) is 2. The lowest BCUT2D eigenvalue weighted by Crippen LogP contribution is -2.19. The maximum atomic E-state index is 5.56. The van der Waals surface area contributed by atoms with Gasteiger partial charge in [-0.2, -0.15) is 0 Å². The highest BCUT2D eigenvalue weighted by Crippen LogP contribution is 2.14. The molecular formula is C13H22N4O. The van der Waals surface area contributed by atoms with E-state index < -0.39 is 0 Å². The third-order valence-electron chi connectivity index (χ3n) is 2.89. The Balaban J connectivity index is 1.82. The maximum absolute atomic E-state index is 5.56. The lowest BCUT2D eigenvalue weighted by molar-refractivity contribution is 0.120. The first-order valence-corrected chi connectivity index (χ1v) is 6.65. The second-order valence-corrected chi connectivity index (χ2v) is 5.08. The van der Waals surface area contributed by atoms with Gasteiger partial charge in [0.2, 0.25) is 0 Å². The van der Waals surface area contributed by atoms with E-state index in [9.17, 15) is 0 Å². The van der Waals surface area contributed by atoms with Crippen molar-refractivity contribution in [3.05, 3.63) is 12.4 Å². The molecule has 2 N–H and O–H groups in total. The topological polar surface area (TPSA) is 59.1 Å². The van der Waals surface area contributed by atoms with E-state index in [0.717, 1.165) is 44.2 Å². The van der Waals surface area contributed by atoms with Gasteiger partial charge >= 0.3 is 0 Å². The molecule has 1 atom stereocenters. The van der Waals surface area contributed by atoms with Crippen molar-refractivity contribution in [2.45, 2.75) is 32.8 Å². The van der Waals surface area contributed by atoms with Gasteiger partial charge in [-0.25, -0.2) is 9.97 Å². The Hall–Kier alpha value is -1.36. The minimum atomic E-state index is 0.326. The molecule has 5 heteroatoms. The normalized spacial score (nSPS) is 19.2. The molecule has 1 saturated heterocycles. The summed E-state index contributed by atoms with van der Waals surface area (Å²) in [5.41, 5.74) is 0. The molecule has 0 radical (unpaired) electrons. The molecule has 5 nitrogen and oxygen atoms in total. The predicted molar refractivity (Wildman–Crippen MR) is 72.8 cm³/mol. The van der Waals surface area contributed by atoms with Gasteiger partial charge in [0.25, 0.3) is 0 Å². The van der Waals surface area contributed by atoms with E-state index in [0.29, 0.717) is 12.0 Å². The highest BCUT2D eigenvalue weighted by Gasteiger charge is 2.14. The van der Waals surface area contributed by atoms with E-state index in [2.05, 4.69) is 34.4 Å². The molecule has 0 aliphatic carbocycles. The largest absolute Gasteiger partial charge is 0.376 e. The molecule has 0 saturated carbocycles. The summed E-state index contributed by atoms with van der Waals surface area (Å²) in [6.07, 6.45) is 4.21. The Bertz CT molecular complexity index is 364. The van der Waals surface area contributed by atoms with Crippen LogP contribution in [0.3, 0.4) is 0 Å². The molecule has 100 valence electrons. The summed E-state index contributed by atoms with van der Waals surface area (Å²) in [5.74, 6) is 2.32. The Kier molecular flexibility index (Phi) is 4.75. The number of anilines is 2. The molecule has 0 amide bonds. The quantitative estimate of drug-likeness (QED) is 0.810. The number of aromatic nitrogens is 2. The summed E-state index contributed by atoms with van der Waals surface area (Å²) < 4.78 is 5.56. The van der Waals surface area contributed by atoms with Gasteiger partial charge in [0.1, 0.15) is 18.0 Å². The van der Waals surface area contributed by atoms with Crippen LogP contribution in [0.2, 0.25) is 0 Å². The zero-order valence-corrected chi connectivity index (χ0v) is 11.1. The van der Waals surface area contributed by atoms with Crippen LogP contribution in [0, 0.1) is 5.92 Å². The summed E-state index contributed by atoms with van der Waals surface area (Å²) in [4.78, 5) is 8.41. The summed E-state index contributed by atoms with van der Waals surface area (Å²) in [5, 5.41) is 6.59. The summed E-state index contributed by atoms with van der Waals surface area (Å²) in [7, 11) is 0. The fourth-order valence-corrected chi connectivity index (χ4v) is 1.88. The van der Waals surface area contributed by atoms with Crippen LogP contribution in [-0.2, 0) is 4.74 Å². The zero-order valence-electron chi connectivity index (χ0n) is 11.1. The van der Waals surface area contributed by atoms with Gasteiger partial charge in [0.05, 0.1) is 6.10 Å². The van der Waals surface area contributed by atoms with E-state index in [1.807, 2.05) is 6.07 Å². The predicted octanol–water partition coefficient (Wildman–Crippen LogP) is 2.14. The van der Waals surface area contributed by atoms with E-state index in [-0.39, 0.29) is 0 Å². The van der Waals surface area contributed by atoms with Crippen molar-refractivity contribution < 1.29 is 4.74 Å². The van der Waals surface area contributed by atoms with Crippen molar-refractivity contribution in [3.63, 3.8) is 0 Å². The van der Waals surface area contributed by atoms with Crippen LogP contribution >= 0.6 is 0 Å². The smallest absolute Gasteiger partial charge is 0.131 e. The van der Waals surface area contributed by atoms with E-state index in [1.54, 1.807) is 6.33 Å². The fourth-order valence-electron chi connectivity index (χ4n) is 1.88. The SMILES string of the molecule is CC(C)CNc1cc(NCC2CCCO2)ncn1. The lowest BCUT2D eigenvalue weighted by Gasteiger charge is -2.12. The second kappa shape index (κ2) is 6.54. The van der Waals surface area contributed by atoms with Gasteiger partial charge in [-0.1, -0.05) is 13.8 Å². The van der Waals surface area contributed by atoms with Crippen LogP contribution in [0.1, 0.15) is 26.7 Å². The van der Waals surface area contributed by atoms with Crippen molar-refractivity contribution in [1.29, 1.82) is 0 Å². The number of rotatable bonds is 6. The van der Waals surface area contributed by atoms with Crippen LogP contribution in [0.15, 0.2) is 12.4 Å². The van der Waals surface area contributed by atoms with Gasteiger partial charge < -0.3 is 15.4 Å². The average Bonchev–Trinajstić information content (AvgIpc) is 2.87. The average molecular weight is 250 g/mol. The van der Waals surface area contributed by atoms with Crippen molar-refractivity contribution in [3.8, 4) is 0 Å². The van der Waals surface area contributed by atoms with Crippen molar-refractivity contribution in [1.82, 2.24) is 9.97 Å². The Morgan fingerprint density at radius 3 is 2.78 bits per heavy atom. The molecule has 2 rings (SSSR count). The lowest BCUT2D eigenvalue weighted by atomic mass is 10.2. The molecule has 1 fully saturated rings. The Labute approximate surface area is 108 Å². The van der Waals surface area contributed by atoms with Crippen LogP contribution in [0.5, 0.6) is 0 Å². The van der Waals surface area contributed by atoms with Crippen LogP contribution < -0.4 is 10.6 Å². The molecule has 1 aliphatic heterocycles. The van der Waals surface area contributed by atoms with Crippen molar-refractivity contribution in [2.24, 2.45) is 5.92 Å². The number of ether oxygens (including phenoxy) is 1. The first-order chi connectivity index (χ1) is 8.74. The number of hydrogen-bond acceptors (Lipinski definition) is 5. The molecular weight excluding hydrogens is 228 g/mol. The maximum Gasteiger partial charge on any atom is 0.131 e. The van der Waals surface area contributed by atoms with Crippen LogP contribution in [-0.4, -0.2) is 35.8 Å². The van der Waals surface area contributed by atoms with Crippen molar-refractivity contribution in [2.75, 3.05) is 30.3 Å². The van der Waals surface area contributed by atoms with E-state index >= 15 is 0 Å². The second-order valence-electron chi connectivity index (χ2n) is 5.08. The number of nitrogens with one attached hydrogen (secondary N) is 2. The third-order valence-corrected chi connectivity index (χ3v) is 2.89. The highest BCUT2D eigenvalue weighted by atomic mass is 16.5. The molecule has 1 aromatic heterocycles. The van der Waals surface area contributed by atoms with Gasteiger partial charge in [-0.3, -0.25) is 0 Å². The minimum absolute atomic E-state index is 0.326. The number of hydrogen-bond donors (Lipinski definition) is 2. The minimum Gasteiger partial charge on any atom is -0.376 e. The third kappa shape index (κ3) is 4.14. The van der Waals surface area contributed by atoms with Crippen LogP contribution in [0.25, 0.3) is 0 Å². The summed E-state index contributed by atoms with van der Waals surface area (Å²) >= 11 is 0. The molecule has 1 aromatic rings. The highest BCUT2D eigenvalue weighted by molar-refractivity contribution is 5.46. The van der Waals surface area contributed by atoms with Gasteiger partial charge in [0.15, 0.2) is 0 Å². The summed E-state index contributed by atoms with van der Waals surface area (Å²) in [6, 6.07) is 1.94. The summed E-state index contributed by atoms with van der Waals surface area (Å²) in [6.45, 7) is 6.97. The first-order valence-electron chi connectivity index (χ1n) is 6.65. The van der Waals surface area contributed by atoms with Gasteiger partial charge in [-0.15, -0.1) is 0 Å². The van der Waals surface area contributed by atoms with Gasteiger partial charge in [0, 0.05) is 25.8 Å². The fraction of sp³-hybridized carbons (Fsp3) is 0.692. The molecule has 1 aliphatic rings. The molecule has 1 unspecified atom stereocenters. The monoisotopic (exact) mass is 250 g/mol. The van der Waals surface area contributed by atoms with Crippen molar-refractivity contribution >= 4 is 11.6 Å². The first kappa shape index (κ1) is 13.1. The zero-order chi connectivity index (χ0) is 12.8. The van der Waals surface area contributed by atoms with Gasteiger partial charge in [-0.05, 0) is 18.8 Å². The Morgan fingerprint density at radius 1 is 1.33 bits per heavy atom. The van der Waals surface area contributed by atoms with Crippen LogP contribution in [0.4, 0.5) is 11.6 Å². The van der Waals surface area contributed by atoms with E-state index in [1.165, 1.54) is 0 Å².